The van der Waals surface area contributed by atoms with Crippen molar-refractivity contribution in [3.8, 4) is 0 Å². The Balaban J connectivity index is 1.98. The Morgan fingerprint density at radius 2 is 2.06 bits per heavy atom. The molecular formula is C14H12BrN3. The van der Waals surface area contributed by atoms with Crippen LogP contribution >= 0.6 is 15.9 Å². The normalized spacial score (nSPS) is 11.0. The van der Waals surface area contributed by atoms with E-state index in [9.17, 15) is 0 Å². The van der Waals surface area contributed by atoms with Crippen LogP contribution in [0.3, 0.4) is 0 Å². The second kappa shape index (κ2) is 4.53. The van der Waals surface area contributed by atoms with E-state index >= 15 is 0 Å². The molecular weight excluding hydrogens is 290 g/mol. The number of rotatable bonds is 2. The highest BCUT2D eigenvalue weighted by atomic mass is 79.9. The van der Waals surface area contributed by atoms with Gasteiger partial charge < -0.3 is 0 Å². The third kappa shape index (κ3) is 2.16. The zero-order valence-electron chi connectivity index (χ0n) is 9.97. The van der Waals surface area contributed by atoms with E-state index < -0.39 is 0 Å². The number of hydrogen-bond donors (Lipinski definition) is 0. The summed E-state index contributed by atoms with van der Waals surface area (Å²) in [5.74, 6) is 0.849. The van der Waals surface area contributed by atoms with Crippen molar-refractivity contribution in [2.75, 3.05) is 0 Å². The van der Waals surface area contributed by atoms with Crippen LogP contribution in [0.4, 0.5) is 0 Å². The highest BCUT2D eigenvalue weighted by molar-refractivity contribution is 9.10. The van der Waals surface area contributed by atoms with Crippen LogP contribution in [-0.2, 0) is 6.42 Å². The molecule has 4 heteroatoms. The van der Waals surface area contributed by atoms with Gasteiger partial charge in [0.25, 0.3) is 0 Å². The maximum atomic E-state index is 4.53. The van der Waals surface area contributed by atoms with Crippen LogP contribution in [0, 0.1) is 6.92 Å². The molecule has 0 saturated heterocycles. The molecule has 0 amide bonds. The Hall–Kier alpha value is -1.68. The first-order chi connectivity index (χ1) is 8.72. The van der Waals surface area contributed by atoms with Gasteiger partial charge in [0.05, 0.1) is 0 Å². The topological polar surface area (TPSA) is 30.2 Å². The predicted octanol–water partition coefficient (Wildman–Crippen LogP) is 3.39. The number of benzene rings is 1. The number of aromatic nitrogens is 3. The van der Waals surface area contributed by atoms with E-state index in [1.807, 2.05) is 24.4 Å². The van der Waals surface area contributed by atoms with Gasteiger partial charge in [-0.15, -0.1) is 0 Å². The molecule has 0 aliphatic rings. The Morgan fingerprint density at radius 1 is 1.22 bits per heavy atom. The molecule has 0 bridgehead atoms. The molecule has 3 nitrogen and oxygen atoms in total. The van der Waals surface area contributed by atoms with Crippen LogP contribution < -0.4 is 0 Å². The van der Waals surface area contributed by atoms with Gasteiger partial charge in [0.15, 0.2) is 11.5 Å². The van der Waals surface area contributed by atoms with Gasteiger partial charge in [-0.2, -0.15) is 5.10 Å². The molecule has 2 heterocycles. The number of halogens is 1. The first-order valence-corrected chi connectivity index (χ1v) is 6.57. The molecule has 0 radical (unpaired) electrons. The Bertz CT molecular complexity index is 703. The van der Waals surface area contributed by atoms with Gasteiger partial charge in [0, 0.05) is 17.1 Å². The fourth-order valence-electron chi connectivity index (χ4n) is 1.96. The molecule has 0 unspecified atom stereocenters. The first-order valence-electron chi connectivity index (χ1n) is 5.78. The minimum absolute atomic E-state index is 0.770. The summed E-state index contributed by atoms with van der Waals surface area (Å²) in [6.07, 6.45) is 2.68. The van der Waals surface area contributed by atoms with Crippen molar-refractivity contribution in [2.24, 2.45) is 0 Å². The van der Waals surface area contributed by atoms with Gasteiger partial charge in [0.1, 0.15) is 0 Å². The fraction of sp³-hybridized carbons (Fsp3) is 0.143. The summed E-state index contributed by atoms with van der Waals surface area (Å²) >= 11 is 3.44. The standard InChI is InChI=1S/C14H12BrN3/c1-10-4-2-3-5-11(10)8-13-16-14-9-12(15)6-7-18(14)17-13/h2-7,9H,8H2,1H3. The van der Waals surface area contributed by atoms with Crippen LogP contribution in [0.25, 0.3) is 5.65 Å². The van der Waals surface area contributed by atoms with E-state index in [4.69, 9.17) is 0 Å². The minimum atomic E-state index is 0.770. The SMILES string of the molecule is Cc1ccccc1Cc1nc2cc(Br)ccn2n1. The second-order valence-electron chi connectivity index (χ2n) is 4.28. The third-order valence-electron chi connectivity index (χ3n) is 2.95. The summed E-state index contributed by atoms with van der Waals surface area (Å²) in [5.41, 5.74) is 3.41. The number of aryl methyl sites for hydroxylation is 1. The quantitative estimate of drug-likeness (QED) is 0.726. The van der Waals surface area contributed by atoms with Crippen LogP contribution in [0.1, 0.15) is 17.0 Å². The Kier molecular flexibility index (Phi) is 2.88. The summed E-state index contributed by atoms with van der Waals surface area (Å²) in [6.45, 7) is 2.11. The van der Waals surface area contributed by atoms with Gasteiger partial charge in [-0.05, 0) is 30.2 Å². The monoisotopic (exact) mass is 301 g/mol. The molecule has 18 heavy (non-hydrogen) atoms. The third-order valence-corrected chi connectivity index (χ3v) is 3.45. The molecule has 0 aliphatic heterocycles. The molecule has 0 N–H and O–H groups in total. The van der Waals surface area contributed by atoms with Crippen molar-refractivity contribution >= 4 is 21.6 Å². The van der Waals surface area contributed by atoms with Crippen LogP contribution in [0.2, 0.25) is 0 Å². The van der Waals surface area contributed by atoms with Gasteiger partial charge in [0.2, 0.25) is 0 Å². The Morgan fingerprint density at radius 3 is 2.89 bits per heavy atom. The fourth-order valence-corrected chi connectivity index (χ4v) is 2.28. The highest BCUT2D eigenvalue weighted by Crippen LogP contribution is 2.14. The summed E-state index contributed by atoms with van der Waals surface area (Å²) in [6, 6.07) is 12.3. The zero-order valence-corrected chi connectivity index (χ0v) is 11.6. The van der Waals surface area contributed by atoms with Crippen molar-refractivity contribution in [1.29, 1.82) is 0 Å². The molecule has 1 aromatic carbocycles. The van der Waals surface area contributed by atoms with Gasteiger partial charge in [-0.25, -0.2) is 9.50 Å². The second-order valence-corrected chi connectivity index (χ2v) is 5.19. The van der Waals surface area contributed by atoms with Gasteiger partial charge in [-0.3, -0.25) is 0 Å². The molecule has 0 fully saturated rings. The molecule has 0 saturated carbocycles. The van der Waals surface area contributed by atoms with E-state index in [-0.39, 0.29) is 0 Å². The van der Waals surface area contributed by atoms with E-state index in [0.717, 1.165) is 22.4 Å². The van der Waals surface area contributed by atoms with Crippen LogP contribution in [0.5, 0.6) is 0 Å². The maximum absolute atomic E-state index is 4.53. The van der Waals surface area contributed by atoms with Crippen LogP contribution in [0.15, 0.2) is 47.1 Å². The molecule has 0 spiro atoms. The molecule has 3 aromatic rings. The van der Waals surface area contributed by atoms with Crippen molar-refractivity contribution in [3.05, 3.63) is 64.0 Å². The molecule has 3 rings (SSSR count). The molecule has 0 aliphatic carbocycles. The van der Waals surface area contributed by atoms with Crippen molar-refractivity contribution in [3.63, 3.8) is 0 Å². The van der Waals surface area contributed by atoms with E-state index in [1.54, 1.807) is 4.52 Å². The lowest BCUT2D eigenvalue weighted by molar-refractivity contribution is 0.896. The van der Waals surface area contributed by atoms with Gasteiger partial charge >= 0.3 is 0 Å². The number of nitrogens with zero attached hydrogens (tertiary/aromatic N) is 3. The number of hydrogen-bond acceptors (Lipinski definition) is 2. The molecule has 90 valence electrons. The lowest BCUT2D eigenvalue weighted by Gasteiger charge is -2.01. The van der Waals surface area contributed by atoms with E-state index in [1.165, 1.54) is 11.1 Å². The first kappa shape index (κ1) is 11.4. The van der Waals surface area contributed by atoms with E-state index in [0.29, 0.717) is 0 Å². The summed E-state index contributed by atoms with van der Waals surface area (Å²) in [7, 11) is 0. The lowest BCUT2D eigenvalue weighted by Crippen LogP contribution is -1.94. The summed E-state index contributed by atoms with van der Waals surface area (Å²) in [4.78, 5) is 4.53. The average Bonchev–Trinajstić information content (AvgIpc) is 2.73. The Labute approximate surface area is 114 Å². The van der Waals surface area contributed by atoms with Crippen LogP contribution in [-0.4, -0.2) is 14.6 Å². The maximum Gasteiger partial charge on any atom is 0.156 e. The minimum Gasteiger partial charge on any atom is -0.221 e. The molecule has 2 aromatic heterocycles. The smallest absolute Gasteiger partial charge is 0.156 e. The largest absolute Gasteiger partial charge is 0.221 e. The van der Waals surface area contributed by atoms with Gasteiger partial charge in [-0.1, -0.05) is 40.2 Å². The van der Waals surface area contributed by atoms with Crippen molar-refractivity contribution < 1.29 is 0 Å². The number of fused-ring (bicyclic) bond motifs is 1. The predicted molar refractivity (Wildman–Crippen MR) is 74.7 cm³/mol. The highest BCUT2D eigenvalue weighted by Gasteiger charge is 2.06. The lowest BCUT2D eigenvalue weighted by atomic mass is 10.1. The number of pyridine rings is 1. The summed E-state index contributed by atoms with van der Waals surface area (Å²) < 4.78 is 2.82. The van der Waals surface area contributed by atoms with Crippen molar-refractivity contribution in [1.82, 2.24) is 14.6 Å². The van der Waals surface area contributed by atoms with Crippen molar-refractivity contribution in [2.45, 2.75) is 13.3 Å². The molecule has 0 atom stereocenters. The van der Waals surface area contributed by atoms with E-state index in [2.05, 4.69) is 51.1 Å². The average molecular weight is 302 g/mol. The summed E-state index contributed by atoms with van der Waals surface area (Å²) in [5, 5.41) is 4.47. The zero-order chi connectivity index (χ0) is 12.5.